The predicted molar refractivity (Wildman–Crippen MR) is 366 cm³/mol. The summed E-state index contributed by atoms with van der Waals surface area (Å²) in [5, 5.41) is 4.96. The first-order valence-corrected chi connectivity index (χ1v) is 34.9. The summed E-state index contributed by atoms with van der Waals surface area (Å²) >= 11 is -0.106. The second-order valence-corrected chi connectivity index (χ2v) is 25.3. The fourth-order valence-corrected chi connectivity index (χ4v) is 11.7. The zero-order valence-corrected chi connectivity index (χ0v) is 56.4. The normalized spacial score (nSPS) is 12.9. The number of fused-ring (bicyclic) bond motifs is 3. The van der Waals surface area contributed by atoms with Gasteiger partial charge in [0.1, 0.15) is 32.7 Å². The average Bonchev–Trinajstić information content (AvgIpc) is 0.969. The quantitative estimate of drug-likeness (QED) is 0.0368. The summed E-state index contributed by atoms with van der Waals surface area (Å²) in [7, 11) is 9.63. The molecular weight excluding hydrogens is 1320 g/mol. The van der Waals surface area contributed by atoms with Crippen LogP contribution in [0.25, 0.3) is 21.8 Å². The number of halogens is 2. The van der Waals surface area contributed by atoms with E-state index in [4.69, 9.17) is 24.8 Å². The van der Waals surface area contributed by atoms with Gasteiger partial charge in [-0.2, -0.15) is 0 Å². The van der Waals surface area contributed by atoms with Gasteiger partial charge in [-0.15, -0.1) is 0 Å². The Morgan fingerprint density at radius 2 is 0.628 bits per heavy atom. The first-order valence-electron chi connectivity index (χ1n) is 30.9. The summed E-state index contributed by atoms with van der Waals surface area (Å²) < 4.78 is 0. The summed E-state index contributed by atoms with van der Waals surface area (Å²) in [6.07, 6.45) is 3.41. The molecule has 0 spiro atoms. The molecule has 0 bridgehead atoms. The van der Waals surface area contributed by atoms with Gasteiger partial charge in [0.05, 0.1) is 60.4 Å². The van der Waals surface area contributed by atoms with E-state index in [1.54, 1.807) is 33.2 Å². The number of nitrogens with zero attached hydrogens (tertiary/aromatic N) is 8. The molecule has 2 heterocycles. The van der Waals surface area contributed by atoms with Crippen molar-refractivity contribution >= 4 is 87.9 Å². The Hall–Kier alpha value is -9.31. The first-order chi connectivity index (χ1) is 45.4. The number of rotatable bonds is 27. The number of hydrogen-bond donors (Lipinski definition) is 2. The molecular formula is C74H78Cl2N10O7Pd. The number of carbonyl (C=O) groups is 7. The third-order valence-corrected chi connectivity index (χ3v) is 17.2. The molecule has 0 radical (unpaired) electrons. The topological polar surface area (TPSA) is 203 Å². The van der Waals surface area contributed by atoms with E-state index in [1.165, 1.54) is 29.4 Å². The van der Waals surface area contributed by atoms with Crippen LogP contribution in [-0.2, 0) is 49.5 Å². The van der Waals surface area contributed by atoms with Crippen LogP contribution in [-0.4, -0.2) is 127 Å². The van der Waals surface area contributed by atoms with Crippen molar-refractivity contribution in [2.24, 2.45) is 5.73 Å². The number of primary amides is 1. The van der Waals surface area contributed by atoms with Crippen molar-refractivity contribution < 1.29 is 49.5 Å². The maximum absolute atomic E-state index is 15.7. The van der Waals surface area contributed by atoms with Crippen LogP contribution in [0.15, 0.2) is 225 Å². The zero-order chi connectivity index (χ0) is 67.3. The summed E-state index contributed by atoms with van der Waals surface area (Å²) in [4.78, 5) is 123. The van der Waals surface area contributed by atoms with Gasteiger partial charge in [-0.05, 0) is 99.2 Å². The van der Waals surface area contributed by atoms with Crippen LogP contribution in [0.1, 0.15) is 111 Å². The van der Waals surface area contributed by atoms with E-state index < -0.39 is 111 Å². The molecule has 0 saturated heterocycles. The monoisotopic (exact) mass is 1390 g/mol. The minimum atomic E-state index is -0.749. The predicted octanol–water partition coefficient (Wildman–Crippen LogP) is 12.6. The van der Waals surface area contributed by atoms with Crippen molar-refractivity contribution in [3.8, 4) is 0 Å². The SMILES string of the molecule is C[C@@H](c1ccccc1)N(CC(N)=O)C(=O)CN(C(=O)CN(C(=O)CN(C(=O)CN(C(=O)CN(C(=O)CNc1cc2cccnc2c2ncccc12)[C@@H](C)c1ccccc1)[C@@H](C)c1ccccc1)[C@@H](C)c1ccccc1)[C@@H](C)c1ccccc1)[C@@H](C)c1ccccc1.[Cl][Pd][Cl]. The molecule has 94 heavy (non-hydrogen) atoms. The molecule has 6 atom stereocenters. The van der Waals surface area contributed by atoms with Crippen LogP contribution >= 0.6 is 19.1 Å². The van der Waals surface area contributed by atoms with Gasteiger partial charge in [0.15, 0.2) is 0 Å². The third-order valence-electron chi connectivity index (χ3n) is 17.2. The molecule has 490 valence electrons. The molecule has 0 fully saturated rings. The van der Waals surface area contributed by atoms with Crippen LogP contribution in [0.5, 0.6) is 0 Å². The Morgan fingerprint density at radius 3 is 0.915 bits per heavy atom. The molecule has 7 amide bonds. The van der Waals surface area contributed by atoms with E-state index in [0.717, 1.165) is 38.5 Å². The second-order valence-electron chi connectivity index (χ2n) is 22.9. The van der Waals surface area contributed by atoms with E-state index in [2.05, 4.69) is 15.3 Å². The summed E-state index contributed by atoms with van der Waals surface area (Å²) in [6.45, 7) is 7.83. The molecule has 3 N–H and O–H groups in total. The van der Waals surface area contributed by atoms with Gasteiger partial charge in [-0.1, -0.05) is 188 Å². The number of amides is 7. The molecule has 0 aliphatic heterocycles. The van der Waals surface area contributed by atoms with Gasteiger partial charge in [-0.3, -0.25) is 43.5 Å². The zero-order valence-electron chi connectivity index (χ0n) is 53.4. The Kier molecular flexibility index (Phi) is 25.9. The molecule has 20 heteroatoms. The molecule has 0 aliphatic rings. The van der Waals surface area contributed by atoms with Crippen LogP contribution in [0.2, 0.25) is 0 Å². The molecule has 17 nitrogen and oxygen atoms in total. The van der Waals surface area contributed by atoms with Gasteiger partial charge < -0.3 is 40.4 Å². The van der Waals surface area contributed by atoms with Gasteiger partial charge in [0.2, 0.25) is 41.4 Å². The van der Waals surface area contributed by atoms with Crippen LogP contribution in [0, 0.1) is 0 Å². The first kappa shape index (κ1) is 70.6. The maximum atomic E-state index is 15.7. The molecule has 0 saturated carbocycles. The Balaban J connectivity index is 0.00000371. The fraction of sp³-hybridized carbons (Fsp3) is 0.257. The minimum absolute atomic E-state index is 0.106. The Labute approximate surface area is 565 Å². The van der Waals surface area contributed by atoms with E-state index in [9.17, 15) is 14.4 Å². The summed E-state index contributed by atoms with van der Waals surface area (Å²) in [5.74, 6) is -3.92. The van der Waals surface area contributed by atoms with E-state index in [-0.39, 0.29) is 28.4 Å². The number of pyridine rings is 2. The molecule has 9 aromatic rings. The van der Waals surface area contributed by atoms with Crippen molar-refractivity contribution in [1.82, 2.24) is 39.4 Å². The van der Waals surface area contributed by atoms with Crippen molar-refractivity contribution in [2.75, 3.05) is 51.1 Å². The van der Waals surface area contributed by atoms with Gasteiger partial charge in [0.25, 0.3) is 0 Å². The number of nitrogens with one attached hydrogen (secondary N) is 1. The number of anilines is 1. The van der Waals surface area contributed by atoms with Crippen LogP contribution in [0.4, 0.5) is 5.69 Å². The van der Waals surface area contributed by atoms with E-state index >= 15 is 19.2 Å². The number of hydrogen-bond acceptors (Lipinski definition) is 10. The number of carbonyl (C=O) groups excluding carboxylic acids is 7. The van der Waals surface area contributed by atoms with Crippen molar-refractivity contribution in [2.45, 2.75) is 77.8 Å². The number of nitrogens with two attached hydrogens (primary N) is 1. The van der Waals surface area contributed by atoms with Crippen molar-refractivity contribution in [1.29, 1.82) is 0 Å². The van der Waals surface area contributed by atoms with Crippen LogP contribution < -0.4 is 11.1 Å². The molecule has 2 aromatic heterocycles. The standard InChI is InChI=1S/C74H78N10O7.2ClH.Pd/c1-51(57-27-13-7-14-28-57)79(45-66(75)85)68(87)47-81(53(3)59-31-17-9-18-32-59)70(89)49-83(55(5)61-35-21-11-22-36-61)72(91)50-84(56(6)62-37-23-12-24-38-62)71(90)48-82(54(4)60-33-19-10-20-34-60)69(88)46-80(52(2)58-29-15-8-16-30-58)67(86)44-78-65-43-63-39-25-41-76-73(63)74-64(65)40-26-42-77-74;;;/h7-43,51-56,78H,44-50H2,1-6H3,(H2,75,85);2*1H;/q;;;+2/p-2/t51-,52-,53-,54-,55-,56-;;;/m0.../s1. The van der Waals surface area contributed by atoms with Gasteiger partial charge in [-0.25, -0.2) is 0 Å². The summed E-state index contributed by atoms with van der Waals surface area (Å²) in [6, 6.07) is 60.9. The van der Waals surface area contributed by atoms with Gasteiger partial charge >= 0.3 is 35.0 Å². The number of benzene rings is 7. The van der Waals surface area contributed by atoms with Crippen molar-refractivity contribution in [3.05, 3.63) is 258 Å². The Bertz CT molecular complexity index is 3980. The third kappa shape index (κ3) is 18.3. The average molecular weight is 1400 g/mol. The number of aromatic nitrogens is 2. The van der Waals surface area contributed by atoms with E-state index in [0.29, 0.717) is 22.3 Å². The molecule has 9 rings (SSSR count). The molecule has 0 aliphatic carbocycles. The fourth-order valence-electron chi connectivity index (χ4n) is 11.7. The van der Waals surface area contributed by atoms with E-state index in [1.807, 2.05) is 233 Å². The van der Waals surface area contributed by atoms with Crippen molar-refractivity contribution in [3.63, 3.8) is 0 Å². The second kappa shape index (κ2) is 34.6. The molecule has 0 unspecified atom stereocenters. The summed E-state index contributed by atoms with van der Waals surface area (Å²) in [5.41, 5.74) is 12.2. The van der Waals surface area contributed by atoms with Gasteiger partial charge in [0, 0.05) is 28.9 Å². The Morgan fingerprint density at radius 1 is 0.372 bits per heavy atom. The van der Waals surface area contributed by atoms with Crippen LogP contribution in [0.3, 0.4) is 0 Å². The molecule has 7 aromatic carbocycles.